The maximum atomic E-state index is 12.3. The first kappa shape index (κ1) is 9.76. The lowest BCUT2D eigenvalue weighted by Gasteiger charge is -2.06. The SMILES string of the molecule is Cc1nn(C)c(C(F)(F)F)c1C=O. The minimum Gasteiger partial charge on any atom is -0.298 e. The Labute approximate surface area is 72.2 Å². The molecule has 0 saturated heterocycles. The van der Waals surface area contributed by atoms with Crippen LogP contribution < -0.4 is 0 Å². The van der Waals surface area contributed by atoms with E-state index in [0.717, 1.165) is 7.05 Å². The predicted octanol–water partition coefficient (Wildman–Crippen LogP) is 1.56. The molecule has 0 atom stereocenters. The Balaban J connectivity index is 3.42. The van der Waals surface area contributed by atoms with Crippen molar-refractivity contribution in [3.8, 4) is 0 Å². The minimum atomic E-state index is -4.54. The number of rotatable bonds is 1. The Morgan fingerprint density at radius 2 is 2.00 bits per heavy atom. The van der Waals surface area contributed by atoms with Gasteiger partial charge in [0.25, 0.3) is 0 Å². The van der Waals surface area contributed by atoms with Crippen molar-refractivity contribution >= 4 is 6.29 Å². The zero-order valence-corrected chi connectivity index (χ0v) is 7.01. The lowest BCUT2D eigenvalue weighted by atomic mass is 10.2. The van der Waals surface area contributed by atoms with Crippen LogP contribution in [0.15, 0.2) is 0 Å². The van der Waals surface area contributed by atoms with Crippen molar-refractivity contribution in [2.45, 2.75) is 13.1 Å². The molecule has 0 amide bonds. The van der Waals surface area contributed by atoms with Gasteiger partial charge in [-0.3, -0.25) is 9.48 Å². The number of alkyl halides is 3. The van der Waals surface area contributed by atoms with Gasteiger partial charge in [-0.05, 0) is 6.92 Å². The topological polar surface area (TPSA) is 34.9 Å². The maximum absolute atomic E-state index is 12.3. The number of aromatic nitrogens is 2. The number of carbonyl (C=O) groups excluding carboxylic acids is 1. The largest absolute Gasteiger partial charge is 0.433 e. The number of aldehydes is 1. The molecule has 0 spiro atoms. The molecule has 1 rings (SSSR count). The molecule has 0 aliphatic heterocycles. The molecule has 72 valence electrons. The zero-order valence-electron chi connectivity index (χ0n) is 7.01. The summed E-state index contributed by atoms with van der Waals surface area (Å²) < 4.78 is 37.5. The summed E-state index contributed by atoms with van der Waals surface area (Å²) >= 11 is 0. The minimum absolute atomic E-state index is 0.0878. The molecule has 0 aliphatic carbocycles. The average Bonchev–Trinajstić information content (AvgIpc) is 2.23. The number of hydrogen-bond donors (Lipinski definition) is 0. The van der Waals surface area contributed by atoms with E-state index < -0.39 is 17.4 Å². The Morgan fingerprint density at radius 1 is 1.46 bits per heavy atom. The molecule has 1 aromatic heterocycles. The van der Waals surface area contributed by atoms with E-state index in [2.05, 4.69) is 5.10 Å². The highest BCUT2D eigenvalue weighted by Gasteiger charge is 2.38. The van der Waals surface area contributed by atoms with Crippen molar-refractivity contribution in [1.29, 1.82) is 0 Å². The number of aryl methyl sites for hydroxylation is 2. The summed E-state index contributed by atoms with van der Waals surface area (Å²) in [6.45, 7) is 1.36. The number of nitrogens with zero attached hydrogens (tertiary/aromatic N) is 2. The van der Waals surface area contributed by atoms with Crippen molar-refractivity contribution in [2.24, 2.45) is 7.05 Å². The van der Waals surface area contributed by atoms with Gasteiger partial charge in [0.05, 0.1) is 11.3 Å². The third-order valence-corrected chi connectivity index (χ3v) is 1.65. The molecule has 6 heteroatoms. The van der Waals surface area contributed by atoms with Gasteiger partial charge in [0.15, 0.2) is 12.0 Å². The normalized spacial score (nSPS) is 11.8. The van der Waals surface area contributed by atoms with E-state index in [1.807, 2.05) is 0 Å². The van der Waals surface area contributed by atoms with Gasteiger partial charge < -0.3 is 0 Å². The molecule has 13 heavy (non-hydrogen) atoms. The van der Waals surface area contributed by atoms with E-state index in [1.54, 1.807) is 0 Å². The summed E-state index contributed by atoms with van der Waals surface area (Å²) in [5.74, 6) is 0. The summed E-state index contributed by atoms with van der Waals surface area (Å²) in [5.41, 5.74) is -1.31. The summed E-state index contributed by atoms with van der Waals surface area (Å²) in [6.07, 6.45) is -4.36. The quantitative estimate of drug-likeness (QED) is 0.633. The van der Waals surface area contributed by atoms with E-state index in [9.17, 15) is 18.0 Å². The van der Waals surface area contributed by atoms with Crippen LogP contribution in [0.2, 0.25) is 0 Å². The highest BCUT2D eigenvalue weighted by molar-refractivity contribution is 5.78. The van der Waals surface area contributed by atoms with Crippen LogP contribution in [0.25, 0.3) is 0 Å². The van der Waals surface area contributed by atoms with Gasteiger partial charge in [0.1, 0.15) is 0 Å². The molecule has 0 unspecified atom stereocenters. The van der Waals surface area contributed by atoms with Gasteiger partial charge >= 0.3 is 6.18 Å². The molecule has 0 radical (unpaired) electrons. The Hall–Kier alpha value is -1.33. The molecule has 0 bridgehead atoms. The highest BCUT2D eigenvalue weighted by Crippen LogP contribution is 2.31. The van der Waals surface area contributed by atoms with Crippen LogP contribution in [-0.4, -0.2) is 16.1 Å². The first-order valence-electron chi connectivity index (χ1n) is 3.44. The van der Waals surface area contributed by atoms with Crippen LogP contribution in [-0.2, 0) is 13.2 Å². The lowest BCUT2D eigenvalue weighted by Crippen LogP contribution is -2.13. The molecule has 1 heterocycles. The Kier molecular flexibility index (Phi) is 2.15. The second-order valence-corrected chi connectivity index (χ2v) is 2.59. The molecule has 0 aliphatic rings. The molecular weight excluding hydrogens is 185 g/mol. The third-order valence-electron chi connectivity index (χ3n) is 1.65. The van der Waals surface area contributed by atoms with Crippen LogP contribution in [0.1, 0.15) is 21.7 Å². The summed E-state index contributed by atoms with van der Waals surface area (Å²) in [6, 6.07) is 0. The highest BCUT2D eigenvalue weighted by atomic mass is 19.4. The van der Waals surface area contributed by atoms with Gasteiger partial charge in [-0.1, -0.05) is 0 Å². The molecule has 0 aromatic carbocycles. The first-order valence-corrected chi connectivity index (χ1v) is 3.44. The molecule has 1 aromatic rings. The number of hydrogen-bond acceptors (Lipinski definition) is 2. The van der Waals surface area contributed by atoms with Crippen molar-refractivity contribution in [3.05, 3.63) is 17.0 Å². The fraction of sp³-hybridized carbons (Fsp3) is 0.429. The van der Waals surface area contributed by atoms with E-state index in [-0.39, 0.29) is 12.0 Å². The summed E-state index contributed by atoms with van der Waals surface area (Å²) in [4.78, 5) is 10.4. The summed E-state index contributed by atoms with van der Waals surface area (Å²) in [5, 5.41) is 3.51. The van der Waals surface area contributed by atoms with Crippen molar-refractivity contribution in [3.63, 3.8) is 0 Å². The number of carbonyl (C=O) groups is 1. The fourth-order valence-corrected chi connectivity index (χ4v) is 1.15. The van der Waals surface area contributed by atoms with E-state index in [0.29, 0.717) is 4.68 Å². The van der Waals surface area contributed by atoms with Crippen molar-refractivity contribution < 1.29 is 18.0 Å². The average molecular weight is 192 g/mol. The second kappa shape index (κ2) is 2.86. The van der Waals surface area contributed by atoms with Crippen LogP contribution in [0.5, 0.6) is 0 Å². The molecular formula is C7H7F3N2O. The molecule has 0 N–H and O–H groups in total. The Bertz CT molecular complexity index is 340. The van der Waals surface area contributed by atoms with E-state index >= 15 is 0 Å². The molecule has 0 saturated carbocycles. The lowest BCUT2D eigenvalue weighted by molar-refractivity contribution is -0.143. The van der Waals surface area contributed by atoms with Crippen LogP contribution >= 0.6 is 0 Å². The third kappa shape index (κ3) is 1.56. The van der Waals surface area contributed by atoms with Gasteiger partial charge in [0.2, 0.25) is 0 Å². The van der Waals surface area contributed by atoms with Gasteiger partial charge in [0, 0.05) is 7.05 Å². The standard InChI is InChI=1S/C7H7F3N2O/c1-4-5(3-13)6(7(8,9)10)12(2)11-4/h3H,1-2H3. The molecule has 3 nitrogen and oxygen atoms in total. The van der Waals surface area contributed by atoms with E-state index in [1.165, 1.54) is 6.92 Å². The van der Waals surface area contributed by atoms with Crippen LogP contribution in [0.4, 0.5) is 13.2 Å². The summed E-state index contributed by atoms with van der Waals surface area (Å²) in [7, 11) is 1.16. The molecule has 0 fully saturated rings. The van der Waals surface area contributed by atoms with Gasteiger partial charge in [-0.25, -0.2) is 0 Å². The van der Waals surface area contributed by atoms with Crippen LogP contribution in [0, 0.1) is 6.92 Å². The van der Waals surface area contributed by atoms with E-state index in [4.69, 9.17) is 0 Å². The van der Waals surface area contributed by atoms with Crippen LogP contribution in [0.3, 0.4) is 0 Å². The Morgan fingerprint density at radius 3 is 2.31 bits per heavy atom. The van der Waals surface area contributed by atoms with Crippen molar-refractivity contribution in [1.82, 2.24) is 9.78 Å². The second-order valence-electron chi connectivity index (χ2n) is 2.59. The van der Waals surface area contributed by atoms with Gasteiger partial charge in [-0.15, -0.1) is 0 Å². The van der Waals surface area contributed by atoms with Crippen molar-refractivity contribution in [2.75, 3.05) is 0 Å². The van der Waals surface area contributed by atoms with Gasteiger partial charge in [-0.2, -0.15) is 18.3 Å². The monoisotopic (exact) mass is 192 g/mol. The maximum Gasteiger partial charge on any atom is 0.433 e. The zero-order chi connectivity index (χ0) is 10.2. The number of halogens is 3. The first-order chi connectivity index (χ1) is 5.88. The fourth-order valence-electron chi connectivity index (χ4n) is 1.15. The smallest absolute Gasteiger partial charge is 0.298 e. The predicted molar refractivity (Wildman–Crippen MR) is 38.3 cm³/mol.